The van der Waals surface area contributed by atoms with E-state index >= 15 is 0 Å². The number of halogens is 3. The second kappa shape index (κ2) is 10.1. The summed E-state index contributed by atoms with van der Waals surface area (Å²) in [5.41, 5.74) is -0.350. The molecule has 16 heavy (non-hydrogen) atoms. The highest BCUT2D eigenvalue weighted by molar-refractivity contribution is 7.41. The largest absolute Gasteiger partial charge is 0.332 e. The van der Waals surface area contributed by atoms with Gasteiger partial charge in [0.1, 0.15) is 0 Å². The first-order valence-electron chi connectivity index (χ1n) is 4.78. The Hall–Kier alpha value is 1.18. The summed E-state index contributed by atoms with van der Waals surface area (Å²) in [5.74, 6) is 1.19. The number of alkyl halides is 3. The van der Waals surface area contributed by atoms with Crippen molar-refractivity contribution < 1.29 is 13.6 Å². The second-order valence-electron chi connectivity index (χ2n) is 3.49. The Bertz CT molecular complexity index is 164. The molecule has 1 radical (unpaired) electrons. The maximum atomic E-state index is 5.73. The van der Waals surface area contributed by atoms with Gasteiger partial charge in [-0.2, -0.15) is 0 Å². The molecule has 0 saturated heterocycles. The molecule has 0 bridgehead atoms. The van der Waals surface area contributed by atoms with Crippen molar-refractivity contribution in [3.63, 3.8) is 0 Å². The van der Waals surface area contributed by atoms with E-state index in [1.54, 1.807) is 0 Å². The fourth-order valence-electron chi connectivity index (χ4n) is 0.577. The van der Waals surface area contributed by atoms with Crippen molar-refractivity contribution >= 4 is 43.4 Å². The molecule has 0 spiro atoms. The van der Waals surface area contributed by atoms with Gasteiger partial charge in [-0.3, -0.25) is 0 Å². The summed E-state index contributed by atoms with van der Waals surface area (Å²) in [6.07, 6.45) is 0. The fourth-order valence-corrected chi connectivity index (χ4v) is 2.15. The van der Waals surface area contributed by atoms with Crippen LogP contribution in [-0.2, 0) is 13.6 Å². The SMILES string of the molecule is [CH2]C(C)(CCl)COP(OCCCl)OCCCl. The van der Waals surface area contributed by atoms with Gasteiger partial charge in [0.05, 0.1) is 19.8 Å². The molecule has 0 saturated carbocycles. The van der Waals surface area contributed by atoms with E-state index in [2.05, 4.69) is 6.92 Å². The molecule has 0 heterocycles. The van der Waals surface area contributed by atoms with E-state index < -0.39 is 8.60 Å². The quantitative estimate of drug-likeness (QED) is 0.453. The first kappa shape index (κ1) is 17.2. The molecule has 3 nitrogen and oxygen atoms in total. The molecular weight excluding hydrogens is 293 g/mol. The molecule has 0 aliphatic heterocycles. The van der Waals surface area contributed by atoms with Crippen LogP contribution in [0.15, 0.2) is 0 Å². The number of hydrogen-bond acceptors (Lipinski definition) is 3. The molecule has 0 aromatic heterocycles. The second-order valence-corrected chi connectivity index (χ2v) is 5.73. The highest BCUT2D eigenvalue weighted by atomic mass is 35.5. The maximum Gasteiger partial charge on any atom is 0.332 e. The summed E-state index contributed by atoms with van der Waals surface area (Å²) in [6.45, 7) is 6.94. The van der Waals surface area contributed by atoms with Gasteiger partial charge in [-0.1, -0.05) is 6.92 Å². The Morgan fingerprint density at radius 3 is 1.94 bits per heavy atom. The minimum atomic E-state index is -1.41. The fraction of sp³-hybridized carbons (Fsp3) is 0.889. The van der Waals surface area contributed by atoms with Crippen LogP contribution in [0.5, 0.6) is 0 Å². The molecule has 1 atom stereocenters. The van der Waals surface area contributed by atoms with E-state index in [0.717, 1.165) is 0 Å². The predicted octanol–water partition coefficient (Wildman–Crippen LogP) is 3.82. The van der Waals surface area contributed by atoms with E-state index in [1.807, 2.05) is 6.92 Å². The summed E-state index contributed by atoms with van der Waals surface area (Å²) in [4.78, 5) is 0. The van der Waals surface area contributed by atoms with E-state index in [1.165, 1.54) is 0 Å². The van der Waals surface area contributed by atoms with Crippen molar-refractivity contribution in [1.29, 1.82) is 0 Å². The van der Waals surface area contributed by atoms with Crippen LogP contribution in [0, 0.1) is 12.3 Å². The first-order valence-corrected chi connectivity index (χ1v) is 7.48. The van der Waals surface area contributed by atoms with Gasteiger partial charge in [0.2, 0.25) is 0 Å². The Balaban J connectivity index is 3.89. The molecule has 97 valence electrons. The molecule has 0 amide bonds. The van der Waals surface area contributed by atoms with Crippen LogP contribution in [0.1, 0.15) is 6.92 Å². The van der Waals surface area contributed by atoms with Crippen molar-refractivity contribution in [3.8, 4) is 0 Å². The van der Waals surface area contributed by atoms with Gasteiger partial charge in [0.25, 0.3) is 0 Å². The van der Waals surface area contributed by atoms with Crippen LogP contribution in [-0.4, -0.2) is 37.5 Å². The van der Waals surface area contributed by atoms with Crippen LogP contribution < -0.4 is 0 Å². The molecular formula is C9H17Cl3O3P. The van der Waals surface area contributed by atoms with Gasteiger partial charge in [-0.05, 0) is 6.92 Å². The average molecular weight is 311 g/mol. The third kappa shape index (κ3) is 9.23. The summed E-state index contributed by atoms with van der Waals surface area (Å²) in [5, 5.41) is 0. The van der Waals surface area contributed by atoms with Gasteiger partial charge >= 0.3 is 8.60 Å². The number of hydrogen-bond donors (Lipinski definition) is 0. The molecule has 0 aromatic carbocycles. The Morgan fingerprint density at radius 2 is 1.56 bits per heavy atom. The topological polar surface area (TPSA) is 27.7 Å². The lowest BCUT2D eigenvalue weighted by Gasteiger charge is -2.23. The van der Waals surface area contributed by atoms with E-state index in [9.17, 15) is 0 Å². The lowest BCUT2D eigenvalue weighted by molar-refractivity contribution is 0.141. The van der Waals surface area contributed by atoms with Crippen LogP contribution >= 0.6 is 43.4 Å². The molecule has 0 aliphatic carbocycles. The van der Waals surface area contributed by atoms with Gasteiger partial charge < -0.3 is 13.6 Å². The molecule has 1 unspecified atom stereocenters. The summed E-state index contributed by atoms with van der Waals surface area (Å²) >= 11 is 16.7. The average Bonchev–Trinajstić information content (AvgIpc) is 2.28. The van der Waals surface area contributed by atoms with E-state index in [-0.39, 0.29) is 5.41 Å². The minimum Gasteiger partial charge on any atom is -0.312 e. The third-order valence-corrected chi connectivity index (χ3v) is 3.47. The van der Waals surface area contributed by atoms with Crippen molar-refractivity contribution in [1.82, 2.24) is 0 Å². The Labute approximate surface area is 114 Å². The lowest BCUT2D eigenvalue weighted by Crippen LogP contribution is -2.20. The standard InChI is InChI=1S/C9H17Cl3O3P/c1-9(2,7-12)8-15-16(13-5-3-10)14-6-4-11/h1,3-8H2,2H3. The lowest BCUT2D eigenvalue weighted by atomic mass is 9.99. The van der Waals surface area contributed by atoms with Crippen molar-refractivity contribution in [2.24, 2.45) is 5.41 Å². The first-order chi connectivity index (χ1) is 7.55. The van der Waals surface area contributed by atoms with Crippen LogP contribution in [0.25, 0.3) is 0 Å². The Morgan fingerprint density at radius 1 is 1.06 bits per heavy atom. The predicted molar refractivity (Wildman–Crippen MR) is 70.4 cm³/mol. The molecule has 0 N–H and O–H groups in total. The summed E-state index contributed by atoms with van der Waals surface area (Å²) < 4.78 is 16.0. The zero-order valence-corrected chi connectivity index (χ0v) is 12.4. The summed E-state index contributed by atoms with van der Waals surface area (Å²) in [7, 11) is -1.41. The smallest absolute Gasteiger partial charge is 0.312 e. The highest BCUT2D eigenvalue weighted by Gasteiger charge is 2.21. The molecule has 7 heteroatoms. The van der Waals surface area contributed by atoms with Crippen LogP contribution in [0.3, 0.4) is 0 Å². The zero-order valence-electron chi connectivity index (χ0n) is 9.26. The van der Waals surface area contributed by atoms with Crippen molar-refractivity contribution in [2.45, 2.75) is 6.92 Å². The maximum absolute atomic E-state index is 5.73. The van der Waals surface area contributed by atoms with E-state index in [4.69, 9.17) is 48.4 Å². The van der Waals surface area contributed by atoms with Crippen LogP contribution in [0.4, 0.5) is 0 Å². The van der Waals surface area contributed by atoms with Gasteiger partial charge in [0.15, 0.2) is 0 Å². The zero-order chi connectivity index (χ0) is 12.4. The van der Waals surface area contributed by atoms with Crippen LogP contribution in [0.2, 0.25) is 0 Å². The molecule has 0 rings (SSSR count). The third-order valence-electron chi connectivity index (χ3n) is 1.39. The van der Waals surface area contributed by atoms with E-state index in [0.29, 0.717) is 37.5 Å². The molecule has 0 aliphatic rings. The van der Waals surface area contributed by atoms with Crippen molar-refractivity contribution in [3.05, 3.63) is 6.92 Å². The molecule has 0 fully saturated rings. The highest BCUT2D eigenvalue weighted by Crippen LogP contribution is 2.41. The normalized spacial score (nSPS) is 12.4. The van der Waals surface area contributed by atoms with Gasteiger partial charge in [0, 0.05) is 23.1 Å². The van der Waals surface area contributed by atoms with Gasteiger partial charge in [-0.15, -0.1) is 34.8 Å². The molecule has 0 aromatic rings. The number of rotatable bonds is 10. The van der Waals surface area contributed by atoms with Gasteiger partial charge in [-0.25, -0.2) is 0 Å². The van der Waals surface area contributed by atoms with Crippen molar-refractivity contribution in [2.75, 3.05) is 37.5 Å². The Kier molecular flexibility index (Phi) is 10.9. The minimum absolute atomic E-state index is 0.350. The monoisotopic (exact) mass is 309 g/mol. The summed E-state index contributed by atoms with van der Waals surface area (Å²) in [6, 6.07) is 0.